The molecule has 5 nitrogen and oxygen atoms in total. The first kappa shape index (κ1) is 16.1. The molecule has 1 N–H and O–H groups in total. The molecule has 1 saturated carbocycles. The Morgan fingerprint density at radius 2 is 1.88 bits per heavy atom. The van der Waals surface area contributed by atoms with Crippen LogP contribution >= 0.6 is 0 Å². The zero-order valence-electron chi connectivity index (χ0n) is 14.9. The highest BCUT2D eigenvalue weighted by molar-refractivity contribution is 5.93. The van der Waals surface area contributed by atoms with E-state index in [1.54, 1.807) is 0 Å². The van der Waals surface area contributed by atoms with Gasteiger partial charge in [-0.15, -0.1) is 0 Å². The van der Waals surface area contributed by atoms with Gasteiger partial charge in [0, 0.05) is 37.4 Å². The predicted molar refractivity (Wildman–Crippen MR) is 99.1 cm³/mol. The number of carbonyl (C=O) groups excluding carboxylic acids is 1. The largest absolute Gasteiger partial charge is 0.371 e. The van der Waals surface area contributed by atoms with Crippen molar-refractivity contribution in [2.24, 2.45) is 0 Å². The summed E-state index contributed by atoms with van der Waals surface area (Å²) in [6.45, 7) is 2.55. The van der Waals surface area contributed by atoms with Crippen LogP contribution in [0.4, 0.5) is 0 Å². The molecule has 1 amide bonds. The van der Waals surface area contributed by atoms with Gasteiger partial charge < -0.3 is 14.6 Å². The lowest BCUT2D eigenvalue weighted by molar-refractivity contribution is -0.0502. The molecule has 1 aromatic carbocycles. The zero-order valence-corrected chi connectivity index (χ0v) is 14.9. The highest BCUT2D eigenvalue weighted by Crippen LogP contribution is 2.36. The third-order valence-electron chi connectivity index (χ3n) is 5.88. The Kier molecular flexibility index (Phi) is 4.06. The summed E-state index contributed by atoms with van der Waals surface area (Å²) in [4.78, 5) is 15.2. The van der Waals surface area contributed by atoms with Crippen LogP contribution in [-0.2, 0) is 4.74 Å². The van der Waals surface area contributed by atoms with Gasteiger partial charge >= 0.3 is 0 Å². The first-order chi connectivity index (χ1) is 12.8. The van der Waals surface area contributed by atoms with Gasteiger partial charge in [-0.05, 0) is 37.0 Å². The maximum absolute atomic E-state index is 12.7. The van der Waals surface area contributed by atoms with Crippen molar-refractivity contribution in [3.05, 3.63) is 59.9 Å². The fourth-order valence-electron chi connectivity index (χ4n) is 4.36. The molecule has 3 fully saturated rings. The Balaban J connectivity index is 1.22. The summed E-state index contributed by atoms with van der Waals surface area (Å²) in [5.41, 5.74) is 2.04. The standard InChI is InChI=1S/C21H25N3O2/c25-21(19-7-4-10-24(19)17-8-9-17)22-16-11-18-14-26-20(13-23(18)12-16)15-5-2-1-3-6-15/h1-7,10,16-18,20H,8-9,11-14H2,(H,22,25)/t16-,18+,20-/m1/s1. The van der Waals surface area contributed by atoms with Gasteiger partial charge in [-0.25, -0.2) is 0 Å². The lowest BCUT2D eigenvalue weighted by Gasteiger charge is -2.35. The second-order valence-corrected chi connectivity index (χ2v) is 7.78. The molecule has 0 unspecified atom stereocenters. The molecule has 1 aromatic heterocycles. The molecule has 0 bridgehead atoms. The molecule has 2 aliphatic heterocycles. The minimum absolute atomic E-state index is 0.0623. The van der Waals surface area contributed by atoms with E-state index in [1.165, 1.54) is 18.4 Å². The van der Waals surface area contributed by atoms with Crippen LogP contribution in [0.25, 0.3) is 0 Å². The van der Waals surface area contributed by atoms with E-state index < -0.39 is 0 Å². The smallest absolute Gasteiger partial charge is 0.268 e. The monoisotopic (exact) mass is 351 g/mol. The van der Waals surface area contributed by atoms with Crippen molar-refractivity contribution in [1.29, 1.82) is 0 Å². The maximum atomic E-state index is 12.7. The summed E-state index contributed by atoms with van der Waals surface area (Å²) in [5.74, 6) is 0.0623. The van der Waals surface area contributed by atoms with Gasteiger partial charge in [0.1, 0.15) is 5.69 Å². The Labute approximate surface area is 153 Å². The van der Waals surface area contributed by atoms with E-state index in [0.717, 1.165) is 31.8 Å². The number of fused-ring (bicyclic) bond motifs is 1. The van der Waals surface area contributed by atoms with Gasteiger partial charge in [0.15, 0.2) is 0 Å². The van der Waals surface area contributed by atoms with Gasteiger partial charge in [0.05, 0.1) is 12.7 Å². The Hall–Kier alpha value is -2.11. The molecular weight excluding hydrogens is 326 g/mol. The van der Waals surface area contributed by atoms with Crippen LogP contribution < -0.4 is 5.32 Å². The molecule has 3 atom stereocenters. The van der Waals surface area contributed by atoms with Crippen molar-refractivity contribution < 1.29 is 9.53 Å². The Morgan fingerprint density at radius 1 is 1.04 bits per heavy atom. The second kappa shape index (κ2) is 6.56. The van der Waals surface area contributed by atoms with E-state index in [4.69, 9.17) is 4.74 Å². The molecule has 2 aromatic rings. The van der Waals surface area contributed by atoms with E-state index in [9.17, 15) is 4.79 Å². The first-order valence-corrected chi connectivity index (χ1v) is 9.66. The minimum atomic E-state index is 0.0623. The molecule has 136 valence electrons. The van der Waals surface area contributed by atoms with E-state index in [-0.39, 0.29) is 18.1 Å². The van der Waals surface area contributed by atoms with Gasteiger partial charge in [-0.3, -0.25) is 9.69 Å². The SMILES string of the molecule is O=C(N[C@@H]1C[C@H]2CO[C@@H](c3ccccc3)CN2C1)c1cccn1C1CC1. The molecule has 0 radical (unpaired) electrons. The predicted octanol–water partition coefficient (Wildman–Crippen LogP) is 2.77. The molecule has 5 rings (SSSR count). The number of morpholine rings is 1. The number of rotatable bonds is 4. The van der Waals surface area contributed by atoms with Crippen LogP contribution in [0, 0.1) is 0 Å². The number of ether oxygens (including phenoxy) is 1. The van der Waals surface area contributed by atoms with Crippen molar-refractivity contribution in [2.75, 3.05) is 19.7 Å². The quantitative estimate of drug-likeness (QED) is 0.921. The lowest BCUT2D eigenvalue weighted by atomic mass is 10.1. The maximum Gasteiger partial charge on any atom is 0.268 e. The number of nitrogens with zero attached hydrogens (tertiary/aromatic N) is 2. The molecule has 3 heterocycles. The summed E-state index contributed by atoms with van der Waals surface area (Å²) < 4.78 is 8.23. The summed E-state index contributed by atoms with van der Waals surface area (Å²) in [6, 6.07) is 15.5. The van der Waals surface area contributed by atoms with Crippen molar-refractivity contribution in [2.45, 2.75) is 43.5 Å². The van der Waals surface area contributed by atoms with Crippen LogP contribution in [0.1, 0.15) is 47.5 Å². The summed E-state index contributed by atoms with van der Waals surface area (Å²) in [7, 11) is 0. The van der Waals surface area contributed by atoms with Crippen LogP contribution in [0.15, 0.2) is 48.7 Å². The van der Waals surface area contributed by atoms with Gasteiger partial charge in [0.25, 0.3) is 5.91 Å². The zero-order chi connectivity index (χ0) is 17.5. The molecule has 5 heteroatoms. The minimum Gasteiger partial charge on any atom is -0.371 e. The van der Waals surface area contributed by atoms with E-state index in [1.807, 2.05) is 24.4 Å². The van der Waals surface area contributed by atoms with Crippen LogP contribution in [-0.4, -0.2) is 47.2 Å². The molecule has 26 heavy (non-hydrogen) atoms. The fraction of sp³-hybridized carbons (Fsp3) is 0.476. The normalized spacial score (nSPS) is 28.7. The second-order valence-electron chi connectivity index (χ2n) is 7.78. The molecule has 1 aliphatic carbocycles. The Bertz CT molecular complexity index is 784. The highest BCUT2D eigenvalue weighted by atomic mass is 16.5. The van der Waals surface area contributed by atoms with Gasteiger partial charge in [-0.1, -0.05) is 30.3 Å². The molecular formula is C21H25N3O2. The van der Waals surface area contributed by atoms with Crippen molar-refractivity contribution in [1.82, 2.24) is 14.8 Å². The van der Waals surface area contributed by atoms with E-state index in [2.05, 4.69) is 39.0 Å². The number of hydrogen-bond donors (Lipinski definition) is 1. The number of aromatic nitrogens is 1. The van der Waals surface area contributed by atoms with Gasteiger partial charge in [-0.2, -0.15) is 0 Å². The molecule has 2 saturated heterocycles. The number of amides is 1. The number of carbonyl (C=O) groups is 1. The van der Waals surface area contributed by atoms with E-state index in [0.29, 0.717) is 12.1 Å². The fourth-order valence-corrected chi connectivity index (χ4v) is 4.36. The lowest BCUT2D eigenvalue weighted by Crippen LogP contribution is -2.43. The van der Waals surface area contributed by atoms with Crippen LogP contribution in [0.2, 0.25) is 0 Å². The summed E-state index contributed by atoms with van der Waals surface area (Å²) in [5, 5.41) is 3.26. The van der Waals surface area contributed by atoms with Crippen molar-refractivity contribution in [3.63, 3.8) is 0 Å². The first-order valence-electron chi connectivity index (χ1n) is 9.66. The van der Waals surface area contributed by atoms with Crippen molar-refractivity contribution >= 4 is 5.91 Å². The van der Waals surface area contributed by atoms with Crippen molar-refractivity contribution in [3.8, 4) is 0 Å². The third-order valence-corrected chi connectivity index (χ3v) is 5.88. The van der Waals surface area contributed by atoms with Gasteiger partial charge in [0.2, 0.25) is 0 Å². The van der Waals surface area contributed by atoms with Crippen LogP contribution in [0.3, 0.4) is 0 Å². The Morgan fingerprint density at radius 3 is 2.69 bits per heavy atom. The highest BCUT2D eigenvalue weighted by Gasteiger charge is 2.38. The number of benzene rings is 1. The third kappa shape index (κ3) is 3.06. The van der Waals surface area contributed by atoms with Crippen LogP contribution in [0.5, 0.6) is 0 Å². The topological polar surface area (TPSA) is 46.5 Å². The average molecular weight is 351 g/mol. The summed E-state index contributed by atoms with van der Waals surface area (Å²) in [6.07, 6.45) is 5.51. The summed E-state index contributed by atoms with van der Waals surface area (Å²) >= 11 is 0. The molecule has 0 spiro atoms. The average Bonchev–Trinajstić information content (AvgIpc) is 3.25. The van der Waals surface area contributed by atoms with E-state index >= 15 is 0 Å². The number of nitrogens with one attached hydrogen (secondary N) is 1. The molecule has 3 aliphatic rings. The number of hydrogen-bond acceptors (Lipinski definition) is 3.